The van der Waals surface area contributed by atoms with E-state index in [1.807, 2.05) is 55.5 Å². The second-order valence-corrected chi connectivity index (χ2v) is 7.98. The van der Waals surface area contributed by atoms with Crippen molar-refractivity contribution in [2.24, 2.45) is 0 Å². The van der Waals surface area contributed by atoms with Crippen molar-refractivity contribution in [3.05, 3.63) is 84.1 Å². The van der Waals surface area contributed by atoms with Crippen molar-refractivity contribution < 1.29 is 14.3 Å². The number of benzene rings is 2. The zero-order valence-corrected chi connectivity index (χ0v) is 18.5. The number of nitrogen functional groups attached to an aromatic ring is 1. The molecule has 1 fully saturated rings. The first-order valence-electron chi connectivity index (χ1n) is 10.9. The third-order valence-electron chi connectivity index (χ3n) is 5.61. The molecule has 8 heteroatoms. The molecule has 1 atom stereocenters. The summed E-state index contributed by atoms with van der Waals surface area (Å²) in [6.45, 7) is 4.03. The van der Waals surface area contributed by atoms with Crippen LogP contribution in [0.15, 0.2) is 72.9 Å². The summed E-state index contributed by atoms with van der Waals surface area (Å²) in [4.78, 5) is 33.4. The number of pyridine rings is 1. The first kappa shape index (κ1) is 22.1. The van der Waals surface area contributed by atoms with Crippen molar-refractivity contribution in [1.29, 1.82) is 0 Å². The highest BCUT2D eigenvalue weighted by Gasteiger charge is 2.29. The Morgan fingerprint density at radius 3 is 2.52 bits per heavy atom. The topological polar surface area (TPSA) is 101 Å². The number of nitrogens with zero attached hydrogens (tertiary/aromatic N) is 3. The number of rotatable bonds is 5. The SMILES string of the molecule is C[C@@H]1CN(c2ccc(C(=O)Nc3ccccc3N)cn2)CCN1C(=O)OCc1ccccc1. The number of carbonyl (C=O) groups is 2. The number of nitrogens with two attached hydrogens (primary N) is 1. The number of carbonyl (C=O) groups excluding carboxylic acids is 2. The number of anilines is 3. The Morgan fingerprint density at radius 2 is 1.82 bits per heavy atom. The Kier molecular flexibility index (Phi) is 6.73. The predicted octanol–water partition coefficient (Wildman–Crippen LogP) is 3.76. The molecule has 2 heterocycles. The van der Waals surface area contributed by atoms with E-state index in [1.54, 1.807) is 29.3 Å². The minimum absolute atomic E-state index is 0.0344. The zero-order chi connectivity index (χ0) is 23.2. The lowest BCUT2D eigenvalue weighted by Gasteiger charge is -2.39. The zero-order valence-electron chi connectivity index (χ0n) is 18.5. The molecule has 1 saturated heterocycles. The van der Waals surface area contributed by atoms with E-state index in [2.05, 4.69) is 15.2 Å². The van der Waals surface area contributed by atoms with Gasteiger partial charge in [-0.3, -0.25) is 4.79 Å². The summed E-state index contributed by atoms with van der Waals surface area (Å²) < 4.78 is 5.48. The molecule has 0 unspecified atom stereocenters. The van der Waals surface area contributed by atoms with E-state index in [1.165, 1.54) is 0 Å². The number of amides is 2. The van der Waals surface area contributed by atoms with E-state index in [4.69, 9.17) is 10.5 Å². The number of ether oxygens (including phenoxy) is 1. The fourth-order valence-corrected chi connectivity index (χ4v) is 3.75. The molecular weight excluding hydrogens is 418 g/mol. The lowest BCUT2D eigenvalue weighted by atomic mass is 10.2. The Bertz CT molecular complexity index is 1100. The Morgan fingerprint density at radius 1 is 1.06 bits per heavy atom. The van der Waals surface area contributed by atoms with Gasteiger partial charge in [-0.15, -0.1) is 0 Å². The average Bonchev–Trinajstić information content (AvgIpc) is 2.84. The smallest absolute Gasteiger partial charge is 0.410 e. The van der Waals surface area contributed by atoms with Crippen LogP contribution in [0.4, 0.5) is 22.0 Å². The largest absolute Gasteiger partial charge is 0.445 e. The molecule has 33 heavy (non-hydrogen) atoms. The molecule has 2 amide bonds. The van der Waals surface area contributed by atoms with Gasteiger partial charge < -0.3 is 25.6 Å². The van der Waals surface area contributed by atoms with Crippen LogP contribution in [-0.4, -0.2) is 47.6 Å². The maximum Gasteiger partial charge on any atom is 0.410 e. The summed E-state index contributed by atoms with van der Waals surface area (Å²) in [5.41, 5.74) is 8.36. The molecule has 0 aliphatic carbocycles. The molecule has 1 aromatic heterocycles. The van der Waals surface area contributed by atoms with Crippen LogP contribution >= 0.6 is 0 Å². The minimum Gasteiger partial charge on any atom is -0.445 e. The summed E-state index contributed by atoms with van der Waals surface area (Å²) in [5.74, 6) is 0.487. The molecule has 4 rings (SSSR count). The Hall–Kier alpha value is -4.07. The maximum atomic E-state index is 12.5. The van der Waals surface area contributed by atoms with E-state index in [9.17, 15) is 9.59 Å². The molecule has 8 nitrogen and oxygen atoms in total. The van der Waals surface area contributed by atoms with Crippen LogP contribution in [0.25, 0.3) is 0 Å². The van der Waals surface area contributed by atoms with Crippen molar-refractivity contribution in [2.75, 3.05) is 35.6 Å². The molecule has 3 aromatic rings. The van der Waals surface area contributed by atoms with Crippen molar-refractivity contribution in [2.45, 2.75) is 19.6 Å². The Balaban J connectivity index is 1.32. The minimum atomic E-state index is -0.314. The lowest BCUT2D eigenvalue weighted by Crippen LogP contribution is -2.54. The quantitative estimate of drug-likeness (QED) is 0.580. The number of para-hydroxylation sites is 2. The fourth-order valence-electron chi connectivity index (χ4n) is 3.75. The first-order valence-corrected chi connectivity index (χ1v) is 10.9. The molecular formula is C25H27N5O3. The fraction of sp³-hybridized carbons (Fsp3) is 0.240. The van der Waals surface area contributed by atoms with Gasteiger partial charge in [0.15, 0.2) is 0 Å². The molecule has 170 valence electrons. The van der Waals surface area contributed by atoms with Crippen LogP contribution < -0.4 is 16.0 Å². The highest BCUT2D eigenvalue weighted by Crippen LogP contribution is 2.20. The number of hydrogen-bond acceptors (Lipinski definition) is 6. The van der Waals surface area contributed by atoms with E-state index in [0.717, 1.165) is 11.4 Å². The second kappa shape index (κ2) is 10.0. The molecule has 2 aromatic carbocycles. The van der Waals surface area contributed by atoms with Crippen LogP contribution in [0.3, 0.4) is 0 Å². The van der Waals surface area contributed by atoms with Gasteiger partial charge in [0.25, 0.3) is 5.91 Å². The standard InChI is InChI=1S/C25H27N5O3/c1-18-16-29(13-14-30(18)25(32)33-17-19-7-3-2-4-8-19)23-12-11-20(15-27-23)24(31)28-22-10-6-5-9-21(22)26/h2-12,15,18H,13-14,16-17,26H2,1H3,(H,28,31)/t18-/m1/s1. The van der Waals surface area contributed by atoms with Gasteiger partial charge in [0.05, 0.1) is 16.9 Å². The van der Waals surface area contributed by atoms with Crippen LogP contribution in [-0.2, 0) is 11.3 Å². The van der Waals surface area contributed by atoms with Gasteiger partial charge in [-0.2, -0.15) is 0 Å². The van der Waals surface area contributed by atoms with E-state index >= 15 is 0 Å². The van der Waals surface area contributed by atoms with Crippen molar-refractivity contribution in [3.63, 3.8) is 0 Å². The highest BCUT2D eigenvalue weighted by molar-refractivity contribution is 6.05. The number of piperazine rings is 1. The third-order valence-corrected chi connectivity index (χ3v) is 5.61. The molecule has 0 bridgehead atoms. The molecule has 1 aliphatic rings. The van der Waals surface area contributed by atoms with Gasteiger partial charge >= 0.3 is 6.09 Å². The summed E-state index contributed by atoms with van der Waals surface area (Å²) in [5, 5.41) is 2.80. The van der Waals surface area contributed by atoms with Crippen LogP contribution in [0.5, 0.6) is 0 Å². The van der Waals surface area contributed by atoms with Gasteiger partial charge in [-0.05, 0) is 36.8 Å². The average molecular weight is 446 g/mol. The van der Waals surface area contributed by atoms with Crippen molar-refractivity contribution in [1.82, 2.24) is 9.88 Å². The van der Waals surface area contributed by atoms with Crippen LogP contribution in [0.1, 0.15) is 22.8 Å². The number of aromatic nitrogens is 1. The van der Waals surface area contributed by atoms with Gasteiger partial charge in [0.2, 0.25) is 0 Å². The molecule has 1 aliphatic heterocycles. The summed E-state index contributed by atoms with van der Waals surface area (Å²) in [7, 11) is 0. The first-order chi connectivity index (χ1) is 16.0. The summed E-state index contributed by atoms with van der Waals surface area (Å²) in [6, 6.07) is 20.3. The monoisotopic (exact) mass is 445 g/mol. The maximum absolute atomic E-state index is 12.5. The Labute approximate surface area is 193 Å². The van der Waals surface area contributed by atoms with Crippen LogP contribution in [0, 0.1) is 0 Å². The molecule has 0 saturated carbocycles. The van der Waals surface area contributed by atoms with Gasteiger partial charge in [0, 0.05) is 31.9 Å². The summed E-state index contributed by atoms with van der Waals surface area (Å²) in [6.07, 6.45) is 1.24. The van der Waals surface area contributed by atoms with E-state index in [-0.39, 0.29) is 24.6 Å². The third kappa shape index (κ3) is 5.41. The second-order valence-electron chi connectivity index (χ2n) is 7.98. The number of hydrogen-bond donors (Lipinski definition) is 2. The van der Waals surface area contributed by atoms with Gasteiger partial charge in [-0.1, -0.05) is 42.5 Å². The number of nitrogens with one attached hydrogen (secondary N) is 1. The normalized spacial score (nSPS) is 15.7. The van der Waals surface area contributed by atoms with E-state index in [0.29, 0.717) is 36.6 Å². The van der Waals surface area contributed by atoms with Crippen molar-refractivity contribution in [3.8, 4) is 0 Å². The lowest BCUT2D eigenvalue weighted by molar-refractivity contribution is 0.0794. The highest BCUT2D eigenvalue weighted by atomic mass is 16.6. The van der Waals surface area contributed by atoms with Crippen LogP contribution in [0.2, 0.25) is 0 Å². The van der Waals surface area contributed by atoms with Gasteiger partial charge in [0.1, 0.15) is 12.4 Å². The predicted molar refractivity (Wildman–Crippen MR) is 128 cm³/mol. The molecule has 0 radical (unpaired) electrons. The molecule has 3 N–H and O–H groups in total. The van der Waals surface area contributed by atoms with E-state index < -0.39 is 0 Å². The van der Waals surface area contributed by atoms with Crippen molar-refractivity contribution >= 4 is 29.2 Å². The summed E-state index contributed by atoms with van der Waals surface area (Å²) >= 11 is 0. The molecule has 0 spiro atoms. The van der Waals surface area contributed by atoms with Gasteiger partial charge in [-0.25, -0.2) is 9.78 Å².